The summed E-state index contributed by atoms with van der Waals surface area (Å²) in [6, 6.07) is 1.96. The lowest BCUT2D eigenvalue weighted by molar-refractivity contribution is -0.135. The fraction of sp³-hybridized carbons (Fsp3) is 0.733. The van der Waals surface area contributed by atoms with Crippen LogP contribution in [0.2, 0.25) is 0 Å². The van der Waals surface area contributed by atoms with Crippen LogP contribution in [0.1, 0.15) is 37.1 Å². The van der Waals surface area contributed by atoms with E-state index >= 15 is 0 Å². The fourth-order valence-corrected chi connectivity index (χ4v) is 2.86. The Morgan fingerprint density at radius 2 is 2.33 bits per heavy atom. The molecule has 2 rings (SSSR count). The van der Waals surface area contributed by atoms with Crippen LogP contribution in [0.5, 0.6) is 0 Å². The van der Waals surface area contributed by atoms with E-state index in [0.29, 0.717) is 13.2 Å². The molecule has 2 heterocycles. The van der Waals surface area contributed by atoms with Crippen LogP contribution in [0.4, 0.5) is 0 Å². The molecule has 1 aromatic heterocycles. The standard InChI is InChI=1S/C15H26N4O2/c1-18-8-6-4-5-7-14(18)15(20)19(2)10-12-9-13(11-21-3)17-16-12/h9,14H,4-8,10-11H2,1-3H3,(H,16,17). The van der Waals surface area contributed by atoms with Crippen molar-refractivity contribution in [3.05, 3.63) is 17.5 Å². The van der Waals surface area contributed by atoms with Gasteiger partial charge in [-0.25, -0.2) is 0 Å². The van der Waals surface area contributed by atoms with Crippen LogP contribution >= 0.6 is 0 Å². The molecule has 1 atom stereocenters. The number of H-pyrrole nitrogens is 1. The van der Waals surface area contributed by atoms with Gasteiger partial charge in [-0.15, -0.1) is 0 Å². The van der Waals surface area contributed by atoms with Gasteiger partial charge in [0.1, 0.15) is 0 Å². The molecule has 1 fully saturated rings. The number of nitrogens with one attached hydrogen (secondary N) is 1. The van der Waals surface area contributed by atoms with Crippen molar-refractivity contribution in [2.75, 3.05) is 27.7 Å². The molecule has 0 saturated carbocycles. The predicted molar refractivity (Wildman–Crippen MR) is 80.7 cm³/mol. The number of carbonyl (C=O) groups is 1. The van der Waals surface area contributed by atoms with E-state index in [4.69, 9.17) is 4.74 Å². The number of nitrogens with zero attached hydrogens (tertiary/aromatic N) is 3. The van der Waals surface area contributed by atoms with E-state index in [0.717, 1.165) is 30.8 Å². The minimum atomic E-state index is 0.0128. The molecule has 1 aliphatic heterocycles. The van der Waals surface area contributed by atoms with Gasteiger partial charge in [0, 0.05) is 14.2 Å². The maximum atomic E-state index is 12.6. The second kappa shape index (κ2) is 7.56. The lowest BCUT2D eigenvalue weighted by atomic mass is 10.1. The largest absolute Gasteiger partial charge is 0.378 e. The molecule has 0 bridgehead atoms. The number of aromatic nitrogens is 2. The lowest BCUT2D eigenvalue weighted by Crippen LogP contribution is -2.45. The highest BCUT2D eigenvalue weighted by Crippen LogP contribution is 2.17. The third-order valence-corrected chi connectivity index (χ3v) is 4.07. The van der Waals surface area contributed by atoms with Gasteiger partial charge in [0.15, 0.2) is 0 Å². The van der Waals surface area contributed by atoms with E-state index < -0.39 is 0 Å². The van der Waals surface area contributed by atoms with Crippen LogP contribution in [-0.2, 0) is 22.7 Å². The van der Waals surface area contributed by atoms with E-state index in [-0.39, 0.29) is 11.9 Å². The SMILES string of the molecule is COCc1cc(CN(C)C(=O)C2CCCCCN2C)[nH]n1. The van der Waals surface area contributed by atoms with Gasteiger partial charge < -0.3 is 9.64 Å². The number of aromatic amines is 1. The third-order valence-electron chi connectivity index (χ3n) is 4.07. The Bertz CT molecular complexity index is 460. The van der Waals surface area contributed by atoms with Crippen LogP contribution in [-0.4, -0.2) is 59.7 Å². The van der Waals surface area contributed by atoms with Crippen LogP contribution in [0.25, 0.3) is 0 Å². The van der Waals surface area contributed by atoms with Crippen molar-refractivity contribution in [2.45, 2.75) is 44.9 Å². The van der Waals surface area contributed by atoms with Gasteiger partial charge in [-0.3, -0.25) is 14.8 Å². The summed E-state index contributed by atoms with van der Waals surface area (Å²) in [5, 5.41) is 7.13. The van der Waals surface area contributed by atoms with Crippen LogP contribution in [0.15, 0.2) is 6.07 Å². The second-order valence-electron chi connectivity index (χ2n) is 5.86. The maximum Gasteiger partial charge on any atom is 0.240 e. The summed E-state index contributed by atoms with van der Waals surface area (Å²) in [6.07, 6.45) is 4.50. The third kappa shape index (κ3) is 4.28. The molecule has 21 heavy (non-hydrogen) atoms. The first-order valence-electron chi connectivity index (χ1n) is 7.59. The number of likely N-dealkylation sites (tertiary alicyclic amines) is 1. The zero-order valence-corrected chi connectivity index (χ0v) is 13.3. The smallest absolute Gasteiger partial charge is 0.240 e. The van der Waals surface area contributed by atoms with Gasteiger partial charge in [-0.2, -0.15) is 5.10 Å². The van der Waals surface area contributed by atoms with Crippen molar-refractivity contribution < 1.29 is 9.53 Å². The quantitative estimate of drug-likeness (QED) is 0.891. The van der Waals surface area contributed by atoms with Crippen molar-refractivity contribution in [1.82, 2.24) is 20.0 Å². The molecule has 6 heteroatoms. The molecule has 0 aromatic carbocycles. The van der Waals surface area contributed by atoms with Crippen molar-refractivity contribution in [3.8, 4) is 0 Å². The average molecular weight is 294 g/mol. The summed E-state index contributed by atoms with van der Waals surface area (Å²) < 4.78 is 5.05. The van der Waals surface area contributed by atoms with Crippen molar-refractivity contribution in [2.24, 2.45) is 0 Å². The normalized spacial score (nSPS) is 20.2. The Labute approximate surface area is 126 Å². The summed E-state index contributed by atoms with van der Waals surface area (Å²) >= 11 is 0. The number of ether oxygens (including phenoxy) is 1. The minimum Gasteiger partial charge on any atom is -0.378 e. The molecular formula is C15H26N4O2. The van der Waals surface area contributed by atoms with Crippen molar-refractivity contribution in [3.63, 3.8) is 0 Å². The predicted octanol–water partition coefficient (Wildman–Crippen LogP) is 1.39. The molecule has 1 saturated heterocycles. The minimum absolute atomic E-state index is 0.0128. The highest BCUT2D eigenvalue weighted by Gasteiger charge is 2.27. The maximum absolute atomic E-state index is 12.6. The molecule has 0 radical (unpaired) electrons. The van der Waals surface area contributed by atoms with Gasteiger partial charge in [0.2, 0.25) is 5.91 Å². The van der Waals surface area contributed by atoms with Crippen molar-refractivity contribution in [1.29, 1.82) is 0 Å². The summed E-state index contributed by atoms with van der Waals surface area (Å²) in [6.45, 7) is 2.05. The van der Waals surface area contributed by atoms with Crippen LogP contribution in [0.3, 0.4) is 0 Å². The monoisotopic (exact) mass is 294 g/mol. The van der Waals surface area contributed by atoms with Gasteiger partial charge in [0.25, 0.3) is 0 Å². The first-order valence-corrected chi connectivity index (χ1v) is 7.59. The Hall–Kier alpha value is -1.40. The number of carbonyl (C=O) groups excluding carboxylic acids is 1. The van der Waals surface area contributed by atoms with Crippen molar-refractivity contribution >= 4 is 5.91 Å². The Morgan fingerprint density at radius 3 is 3.10 bits per heavy atom. The number of rotatable bonds is 5. The summed E-state index contributed by atoms with van der Waals surface area (Å²) in [7, 11) is 5.55. The van der Waals surface area contributed by atoms with E-state index in [1.165, 1.54) is 12.8 Å². The summed E-state index contributed by atoms with van der Waals surface area (Å²) in [5.74, 6) is 0.197. The average Bonchev–Trinajstić information content (AvgIpc) is 2.78. The number of hydrogen-bond acceptors (Lipinski definition) is 4. The number of methoxy groups -OCH3 is 1. The van der Waals surface area contributed by atoms with Gasteiger partial charge in [0.05, 0.1) is 30.6 Å². The highest BCUT2D eigenvalue weighted by molar-refractivity contribution is 5.81. The fourth-order valence-electron chi connectivity index (χ4n) is 2.86. The number of amides is 1. The van der Waals surface area contributed by atoms with E-state index in [1.54, 1.807) is 12.0 Å². The zero-order valence-electron chi connectivity index (χ0n) is 13.3. The van der Waals surface area contributed by atoms with Crippen LogP contribution < -0.4 is 0 Å². The van der Waals surface area contributed by atoms with Gasteiger partial charge in [-0.05, 0) is 32.5 Å². The Balaban J connectivity index is 1.94. The summed E-state index contributed by atoms with van der Waals surface area (Å²) in [5.41, 5.74) is 1.80. The summed E-state index contributed by atoms with van der Waals surface area (Å²) in [4.78, 5) is 16.6. The number of hydrogen-bond donors (Lipinski definition) is 1. The van der Waals surface area contributed by atoms with Gasteiger partial charge in [-0.1, -0.05) is 12.8 Å². The van der Waals surface area contributed by atoms with Crippen LogP contribution in [0, 0.1) is 0 Å². The molecule has 1 aromatic rings. The van der Waals surface area contributed by atoms with E-state index in [9.17, 15) is 4.79 Å². The van der Waals surface area contributed by atoms with Gasteiger partial charge >= 0.3 is 0 Å². The molecule has 1 aliphatic rings. The second-order valence-corrected chi connectivity index (χ2v) is 5.86. The molecule has 0 spiro atoms. The molecule has 0 aliphatic carbocycles. The zero-order chi connectivity index (χ0) is 15.2. The molecule has 1 N–H and O–H groups in total. The number of likely N-dealkylation sites (N-methyl/N-ethyl adjacent to an activating group) is 2. The lowest BCUT2D eigenvalue weighted by Gasteiger charge is -2.28. The molecule has 118 valence electrons. The molecule has 1 amide bonds. The molecule has 1 unspecified atom stereocenters. The Kier molecular flexibility index (Phi) is 5.76. The highest BCUT2D eigenvalue weighted by atomic mass is 16.5. The Morgan fingerprint density at radius 1 is 1.52 bits per heavy atom. The first kappa shape index (κ1) is 16.0. The topological polar surface area (TPSA) is 61.5 Å². The van der Waals surface area contributed by atoms with E-state index in [2.05, 4.69) is 22.1 Å². The molecular weight excluding hydrogens is 268 g/mol. The first-order chi connectivity index (χ1) is 10.1. The van der Waals surface area contributed by atoms with E-state index in [1.807, 2.05) is 13.1 Å². The molecule has 6 nitrogen and oxygen atoms in total.